The Bertz CT molecular complexity index is 436. The Kier molecular flexibility index (Phi) is 3.55. The van der Waals surface area contributed by atoms with E-state index in [0.29, 0.717) is 6.42 Å². The van der Waals surface area contributed by atoms with E-state index in [9.17, 15) is 13.2 Å². The fraction of sp³-hybridized carbons (Fsp3) is 0.909. The van der Waals surface area contributed by atoms with Crippen molar-refractivity contribution in [3.63, 3.8) is 0 Å². The molecule has 0 aromatic rings. The van der Waals surface area contributed by atoms with Gasteiger partial charge in [-0.1, -0.05) is 19.8 Å². The second kappa shape index (κ2) is 4.70. The van der Waals surface area contributed by atoms with E-state index in [1.54, 1.807) is 0 Å². The van der Waals surface area contributed by atoms with Crippen molar-refractivity contribution in [3.05, 3.63) is 0 Å². The number of nitrogens with zero attached hydrogens (tertiary/aromatic N) is 1. The number of sulfone groups is 1. The molecule has 2 fully saturated rings. The molecule has 2 saturated heterocycles. The normalized spacial score (nSPS) is 34.3. The van der Waals surface area contributed by atoms with Gasteiger partial charge in [0.05, 0.1) is 17.0 Å². The Hall–Kier alpha value is -0.820. The standard InChI is InChI=1S/C11H20N2O4S/c1-2-3-4-11-7-13(10(14)15)5-9(12-11)6-18(16,17)8-11/h9,12H,2-8H2,1H3,(H,14,15). The Labute approximate surface area is 107 Å². The molecule has 2 heterocycles. The van der Waals surface area contributed by atoms with Crippen LogP contribution in [0, 0.1) is 0 Å². The highest BCUT2D eigenvalue weighted by molar-refractivity contribution is 7.91. The van der Waals surface area contributed by atoms with E-state index in [1.807, 2.05) is 6.92 Å². The van der Waals surface area contributed by atoms with Crippen LogP contribution >= 0.6 is 0 Å². The molecule has 0 aromatic heterocycles. The third-order valence-corrected chi connectivity index (χ3v) is 5.58. The summed E-state index contributed by atoms with van der Waals surface area (Å²) in [5.41, 5.74) is -0.575. The molecule has 7 heteroatoms. The van der Waals surface area contributed by atoms with Gasteiger partial charge in [-0.2, -0.15) is 0 Å². The summed E-state index contributed by atoms with van der Waals surface area (Å²) in [6.45, 7) is 2.59. The van der Waals surface area contributed by atoms with Crippen LogP contribution in [-0.4, -0.2) is 60.7 Å². The third-order valence-electron chi connectivity index (χ3n) is 3.68. The van der Waals surface area contributed by atoms with Crippen LogP contribution in [0.15, 0.2) is 0 Å². The van der Waals surface area contributed by atoms with E-state index in [-0.39, 0.29) is 30.6 Å². The summed E-state index contributed by atoms with van der Waals surface area (Å²) in [7, 11) is -3.06. The Morgan fingerprint density at radius 2 is 2.28 bits per heavy atom. The molecule has 0 saturated carbocycles. The van der Waals surface area contributed by atoms with Crippen LogP contribution < -0.4 is 5.32 Å². The monoisotopic (exact) mass is 276 g/mol. The van der Waals surface area contributed by atoms with Gasteiger partial charge in [-0.05, 0) is 6.42 Å². The van der Waals surface area contributed by atoms with Gasteiger partial charge in [-0.3, -0.25) is 0 Å². The fourth-order valence-corrected chi connectivity index (χ4v) is 5.15. The molecule has 0 aliphatic carbocycles. The molecule has 0 spiro atoms. The van der Waals surface area contributed by atoms with Crippen molar-refractivity contribution in [2.45, 2.75) is 37.8 Å². The molecule has 0 aromatic carbocycles. The van der Waals surface area contributed by atoms with Crippen molar-refractivity contribution in [1.82, 2.24) is 10.2 Å². The van der Waals surface area contributed by atoms with Crippen LogP contribution in [0.1, 0.15) is 26.2 Å². The molecule has 2 aliphatic heterocycles. The Balaban J connectivity index is 2.23. The Morgan fingerprint density at radius 1 is 1.56 bits per heavy atom. The maximum absolute atomic E-state index is 11.9. The van der Waals surface area contributed by atoms with Crippen LogP contribution in [0.2, 0.25) is 0 Å². The van der Waals surface area contributed by atoms with Crippen LogP contribution in [0.25, 0.3) is 0 Å². The molecule has 18 heavy (non-hydrogen) atoms. The lowest BCUT2D eigenvalue weighted by Crippen LogP contribution is -2.72. The highest BCUT2D eigenvalue weighted by Gasteiger charge is 2.48. The van der Waals surface area contributed by atoms with Gasteiger partial charge in [-0.25, -0.2) is 13.2 Å². The van der Waals surface area contributed by atoms with Crippen LogP contribution in [-0.2, 0) is 9.84 Å². The lowest BCUT2D eigenvalue weighted by atomic mass is 9.90. The average molecular weight is 276 g/mol. The van der Waals surface area contributed by atoms with Crippen molar-refractivity contribution in [2.24, 2.45) is 0 Å². The van der Waals surface area contributed by atoms with Crippen molar-refractivity contribution in [1.29, 1.82) is 0 Å². The highest BCUT2D eigenvalue weighted by atomic mass is 32.2. The summed E-state index contributed by atoms with van der Waals surface area (Å²) in [6.07, 6.45) is 1.63. The molecular formula is C11H20N2O4S. The summed E-state index contributed by atoms with van der Waals surface area (Å²) in [6, 6.07) is -0.259. The number of hydrogen-bond acceptors (Lipinski definition) is 4. The first-order valence-corrected chi connectivity index (χ1v) is 8.14. The fourth-order valence-electron chi connectivity index (χ4n) is 3.07. The smallest absolute Gasteiger partial charge is 0.407 e. The van der Waals surface area contributed by atoms with E-state index in [2.05, 4.69) is 5.32 Å². The SMILES string of the molecule is CCCCC12CN(C(=O)O)CC(CS(=O)(=O)C1)N2. The number of amides is 1. The van der Waals surface area contributed by atoms with Gasteiger partial charge in [0.15, 0.2) is 9.84 Å². The number of hydrogen-bond donors (Lipinski definition) is 2. The number of piperazine rings is 1. The minimum absolute atomic E-state index is 0.0463. The topological polar surface area (TPSA) is 86.7 Å². The number of carboxylic acid groups (broad SMARTS) is 1. The number of fused-ring (bicyclic) bond motifs is 2. The lowest BCUT2D eigenvalue weighted by molar-refractivity contribution is 0.0856. The van der Waals surface area contributed by atoms with E-state index in [4.69, 9.17) is 5.11 Å². The van der Waals surface area contributed by atoms with Crippen LogP contribution in [0.4, 0.5) is 4.79 Å². The molecule has 2 atom stereocenters. The van der Waals surface area contributed by atoms with E-state index < -0.39 is 21.5 Å². The zero-order valence-corrected chi connectivity index (χ0v) is 11.4. The lowest BCUT2D eigenvalue weighted by Gasteiger charge is -2.49. The predicted molar refractivity (Wildman–Crippen MR) is 67.4 cm³/mol. The number of unbranched alkanes of at least 4 members (excludes halogenated alkanes) is 1. The second-order valence-electron chi connectivity index (χ2n) is 5.44. The molecule has 2 N–H and O–H groups in total. The average Bonchev–Trinajstić information content (AvgIpc) is 2.23. The van der Waals surface area contributed by atoms with Gasteiger partial charge < -0.3 is 15.3 Å². The van der Waals surface area contributed by atoms with Gasteiger partial charge in [0.1, 0.15) is 0 Å². The first-order valence-electron chi connectivity index (χ1n) is 6.32. The molecule has 2 rings (SSSR count). The van der Waals surface area contributed by atoms with Gasteiger partial charge in [0.2, 0.25) is 0 Å². The second-order valence-corrected chi connectivity index (χ2v) is 7.55. The number of nitrogens with one attached hydrogen (secondary N) is 1. The zero-order chi connectivity index (χ0) is 13.4. The molecule has 2 unspecified atom stereocenters. The van der Waals surface area contributed by atoms with Crippen LogP contribution in [0.3, 0.4) is 0 Å². The molecule has 2 bridgehead atoms. The van der Waals surface area contributed by atoms with Crippen molar-refractivity contribution >= 4 is 15.9 Å². The van der Waals surface area contributed by atoms with Crippen molar-refractivity contribution < 1.29 is 18.3 Å². The van der Waals surface area contributed by atoms with Gasteiger partial charge in [-0.15, -0.1) is 0 Å². The molecule has 2 aliphatic rings. The Morgan fingerprint density at radius 3 is 2.89 bits per heavy atom. The minimum atomic E-state index is -3.06. The maximum Gasteiger partial charge on any atom is 0.407 e. The minimum Gasteiger partial charge on any atom is -0.465 e. The maximum atomic E-state index is 11.9. The van der Waals surface area contributed by atoms with E-state index in [1.165, 1.54) is 4.90 Å². The number of rotatable bonds is 3. The first kappa shape index (κ1) is 13.6. The predicted octanol–water partition coefficient (Wildman–Crippen LogP) is 0.296. The summed E-state index contributed by atoms with van der Waals surface area (Å²) in [5, 5.41) is 12.5. The quantitative estimate of drug-likeness (QED) is 0.774. The summed E-state index contributed by atoms with van der Waals surface area (Å²) in [4.78, 5) is 12.5. The molecule has 1 amide bonds. The molecule has 104 valence electrons. The highest BCUT2D eigenvalue weighted by Crippen LogP contribution is 2.28. The van der Waals surface area contributed by atoms with Crippen molar-refractivity contribution in [2.75, 3.05) is 24.6 Å². The van der Waals surface area contributed by atoms with Gasteiger partial charge in [0, 0.05) is 19.1 Å². The summed E-state index contributed by atoms with van der Waals surface area (Å²) < 4.78 is 23.8. The van der Waals surface area contributed by atoms with Crippen molar-refractivity contribution in [3.8, 4) is 0 Å². The van der Waals surface area contributed by atoms with E-state index >= 15 is 0 Å². The van der Waals surface area contributed by atoms with E-state index in [0.717, 1.165) is 12.8 Å². The molecular weight excluding hydrogens is 256 g/mol. The number of carbonyl (C=O) groups is 1. The first-order chi connectivity index (χ1) is 8.36. The zero-order valence-electron chi connectivity index (χ0n) is 10.6. The summed E-state index contributed by atoms with van der Waals surface area (Å²) >= 11 is 0. The van der Waals surface area contributed by atoms with Crippen LogP contribution in [0.5, 0.6) is 0 Å². The molecule has 6 nitrogen and oxygen atoms in total. The molecule has 0 radical (unpaired) electrons. The largest absolute Gasteiger partial charge is 0.465 e. The van der Waals surface area contributed by atoms with Gasteiger partial charge in [0.25, 0.3) is 0 Å². The van der Waals surface area contributed by atoms with Gasteiger partial charge >= 0.3 is 6.09 Å². The third kappa shape index (κ3) is 2.77. The summed E-state index contributed by atoms with van der Waals surface area (Å²) in [5.74, 6) is 0.102.